The molecular weight excluding hydrogens is 184 g/mol. The first-order valence-corrected chi connectivity index (χ1v) is 3.90. The summed E-state index contributed by atoms with van der Waals surface area (Å²) in [6, 6.07) is 4.41. The van der Waals surface area contributed by atoms with Crippen molar-refractivity contribution in [1.82, 2.24) is 0 Å². The minimum Gasteiger partial charge on any atom is -0.480 e. The van der Waals surface area contributed by atoms with Crippen molar-refractivity contribution in [1.29, 1.82) is 0 Å². The molecule has 1 aromatic carbocycles. The van der Waals surface area contributed by atoms with Crippen LogP contribution in [0, 0.1) is 0 Å². The van der Waals surface area contributed by atoms with E-state index in [9.17, 15) is 9.59 Å². The van der Waals surface area contributed by atoms with E-state index in [-0.39, 0.29) is 5.56 Å². The Bertz CT molecular complexity index is 359. The highest BCUT2D eigenvalue weighted by Gasteiger charge is 2.22. The lowest BCUT2D eigenvalue weighted by Gasteiger charge is -2.05. The fourth-order valence-electron chi connectivity index (χ4n) is 0.939. The number of hydrogen-bond acceptors (Lipinski definition) is 4. The minimum atomic E-state index is -1.52. The maximum atomic E-state index is 11.4. The Balaban J connectivity index is 2.90. The average molecular weight is 194 g/mol. The van der Waals surface area contributed by atoms with E-state index in [0.717, 1.165) is 0 Å². The first kappa shape index (κ1) is 10.2. The van der Waals surface area contributed by atoms with E-state index in [1.54, 1.807) is 0 Å². The molecule has 5 N–H and O–H groups in total. The normalized spacial score (nSPS) is 12.1. The van der Waals surface area contributed by atoms with Crippen LogP contribution >= 0.6 is 0 Å². The van der Waals surface area contributed by atoms with Gasteiger partial charge in [0, 0.05) is 11.3 Å². The lowest BCUT2D eigenvalue weighted by molar-refractivity contribution is -0.137. The van der Waals surface area contributed by atoms with Gasteiger partial charge in [-0.1, -0.05) is 0 Å². The topological polar surface area (TPSA) is 106 Å². The van der Waals surface area contributed by atoms with Crippen LogP contribution in [0.4, 0.5) is 5.69 Å². The molecule has 0 aliphatic heterocycles. The van der Waals surface area contributed by atoms with E-state index in [1.807, 2.05) is 0 Å². The Morgan fingerprint density at radius 1 is 1.21 bits per heavy atom. The van der Waals surface area contributed by atoms with E-state index < -0.39 is 17.8 Å². The van der Waals surface area contributed by atoms with Gasteiger partial charge in [0.15, 0.2) is 11.8 Å². The first-order valence-electron chi connectivity index (χ1n) is 3.90. The van der Waals surface area contributed by atoms with Gasteiger partial charge in [-0.15, -0.1) is 0 Å². The van der Waals surface area contributed by atoms with Gasteiger partial charge in [-0.2, -0.15) is 0 Å². The van der Waals surface area contributed by atoms with Crippen LogP contribution in [-0.4, -0.2) is 22.9 Å². The van der Waals surface area contributed by atoms with Crippen molar-refractivity contribution in [2.45, 2.75) is 6.04 Å². The van der Waals surface area contributed by atoms with Crippen LogP contribution in [0.5, 0.6) is 0 Å². The maximum Gasteiger partial charge on any atom is 0.328 e. The van der Waals surface area contributed by atoms with Crippen LogP contribution in [0.25, 0.3) is 0 Å². The molecule has 0 saturated heterocycles. The number of carbonyl (C=O) groups is 2. The number of anilines is 1. The highest BCUT2D eigenvalue weighted by atomic mass is 16.4. The van der Waals surface area contributed by atoms with E-state index in [2.05, 4.69) is 0 Å². The third kappa shape index (κ3) is 2.08. The van der Waals surface area contributed by atoms with Gasteiger partial charge in [0.2, 0.25) is 0 Å². The van der Waals surface area contributed by atoms with Crippen LogP contribution in [0.15, 0.2) is 24.3 Å². The predicted molar refractivity (Wildman–Crippen MR) is 50.8 cm³/mol. The highest BCUT2D eigenvalue weighted by molar-refractivity contribution is 6.11. The minimum absolute atomic E-state index is 0.245. The first-order chi connectivity index (χ1) is 6.52. The zero-order chi connectivity index (χ0) is 10.7. The number of hydrogen-bond donors (Lipinski definition) is 3. The molecule has 5 nitrogen and oxygen atoms in total. The summed E-state index contributed by atoms with van der Waals surface area (Å²) in [4.78, 5) is 21.8. The van der Waals surface area contributed by atoms with Crippen molar-refractivity contribution in [3.63, 3.8) is 0 Å². The van der Waals surface area contributed by atoms with Gasteiger partial charge in [-0.3, -0.25) is 9.59 Å². The number of Topliss-reactive ketones (excluding diaryl/α,β-unsaturated/α-hetero) is 1. The summed E-state index contributed by atoms with van der Waals surface area (Å²) in [5.41, 5.74) is 11.3. The lowest BCUT2D eigenvalue weighted by atomic mass is 10.0. The smallest absolute Gasteiger partial charge is 0.328 e. The fraction of sp³-hybridized carbons (Fsp3) is 0.111. The monoisotopic (exact) mass is 194 g/mol. The number of nitrogen functional groups attached to an aromatic ring is 1. The number of carboxylic acids is 1. The average Bonchev–Trinajstić information content (AvgIpc) is 2.16. The Hall–Kier alpha value is -1.88. The van der Waals surface area contributed by atoms with Gasteiger partial charge in [-0.25, -0.2) is 0 Å². The molecule has 0 radical (unpaired) electrons. The highest BCUT2D eigenvalue weighted by Crippen LogP contribution is 2.07. The zero-order valence-corrected chi connectivity index (χ0v) is 7.31. The van der Waals surface area contributed by atoms with Crippen LogP contribution in [-0.2, 0) is 4.79 Å². The SMILES string of the molecule is Nc1ccc(C(=O)C(N)C(=O)O)cc1. The van der Waals surface area contributed by atoms with E-state index in [0.29, 0.717) is 5.69 Å². The van der Waals surface area contributed by atoms with Crippen LogP contribution in [0.3, 0.4) is 0 Å². The summed E-state index contributed by atoms with van der Waals surface area (Å²) in [6.07, 6.45) is 0. The molecule has 0 fully saturated rings. The third-order valence-corrected chi connectivity index (χ3v) is 1.74. The van der Waals surface area contributed by atoms with Crippen LogP contribution in [0.2, 0.25) is 0 Å². The van der Waals surface area contributed by atoms with Crippen LogP contribution in [0.1, 0.15) is 10.4 Å². The van der Waals surface area contributed by atoms with Gasteiger partial charge < -0.3 is 16.6 Å². The maximum absolute atomic E-state index is 11.4. The van der Waals surface area contributed by atoms with Crippen molar-refractivity contribution in [2.24, 2.45) is 5.73 Å². The Morgan fingerprint density at radius 3 is 2.14 bits per heavy atom. The number of carboxylic acid groups (broad SMARTS) is 1. The number of rotatable bonds is 3. The molecule has 0 saturated carbocycles. The number of nitrogens with two attached hydrogens (primary N) is 2. The number of ketones is 1. The Labute approximate surface area is 80.3 Å². The predicted octanol–water partition coefficient (Wildman–Crippen LogP) is -0.137. The number of carbonyl (C=O) groups excluding carboxylic acids is 1. The fourth-order valence-corrected chi connectivity index (χ4v) is 0.939. The lowest BCUT2D eigenvalue weighted by Crippen LogP contribution is -2.38. The second kappa shape index (κ2) is 3.89. The summed E-state index contributed by atoms with van der Waals surface area (Å²) in [5.74, 6) is -1.97. The summed E-state index contributed by atoms with van der Waals surface area (Å²) < 4.78 is 0. The second-order valence-electron chi connectivity index (χ2n) is 2.80. The van der Waals surface area contributed by atoms with Crippen molar-refractivity contribution in [2.75, 3.05) is 5.73 Å². The van der Waals surface area contributed by atoms with Gasteiger partial charge >= 0.3 is 5.97 Å². The molecule has 14 heavy (non-hydrogen) atoms. The molecule has 74 valence electrons. The van der Waals surface area contributed by atoms with Crippen molar-refractivity contribution >= 4 is 17.4 Å². The molecule has 5 heteroatoms. The van der Waals surface area contributed by atoms with Gasteiger partial charge in [-0.05, 0) is 24.3 Å². The van der Waals surface area contributed by atoms with Gasteiger partial charge in [0.1, 0.15) is 0 Å². The zero-order valence-electron chi connectivity index (χ0n) is 7.31. The summed E-state index contributed by atoms with van der Waals surface area (Å²) in [6.45, 7) is 0. The molecule has 0 aliphatic rings. The Kier molecular flexibility index (Phi) is 2.83. The van der Waals surface area contributed by atoms with Crippen molar-refractivity contribution < 1.29 is 14.7 Å². The molecule has 0 spiro atoms. The molecule has 1 rings (SSSR count). The summed E-state index contributed by atoms with van der Waals surface area (Å²) in [5, 5.41) is 8.50. The molecule has 0 aromatic heterocycles. The molecule has 1 atom stereocenters. The van der Waals surface area contributed by atoms with E-state index in [1.165, 1.54) is 24.3 Å². The Morgan fingerprint density at radius 2 is 1.71 bits per heavy atom. The largest absolute Gasteiger partial charge is 0.480 e. The number of aliphatic carboxylic acids is 1. The summed E-state index contributed by atoms with van der Waals surface area (Å²) in [7, 11) is 0. The molecule has 0 bridgehead atoms. The molecule has 1 unspecified atom stereocenters. The van der Waals surface area contributed by atoms with E-state index in [4.69, 9.17) is 16.6 Å². The quantitative estimate of drug-likeness (QED) is 0.353. The van der Waals surface area contributed by atoms with Gasteiger partial charge in [0.05, 0.1) is 0 Å². The molecule has 0 aliphatic carbocycles. The molecule has 1 aromatic rings. The third-order valence-electron chi connectivity index (χ3n) is 1.74. The van der Waals surface area contributed by atoms with Crippen molar-refractivity contribution in [3.05, 3.63) is 29.8 Å². The van der Waals surface area contributed by atoms with Gasteiger partial charge in [0.25, 0.3) is 0 Å². The molecule has 0 heterocycles. The van der Waals surface area contributed by atoms with Crippen molar-refractivity contribution in [3.8, 4) is 0 Å². The summed E-state index contributed by atoms with van der Waals surface area (Å²) >= 11 is 0. The molecular formula is C9H10N2O3. The number of benzene rings is 1. The second-order valence-corrected chi connectivity index (χ2v) is 2.80. The standard InChI is InChI=1S/C9H10N2O3/c10-6-3-1-5(2-4-6)8(12)7(11)9(13)14/h1-4,7H,10-11H2,(H,13,14). The van der Waals surface area contributed by atoms with E-state index >= 15 is 0 Å². The molecule has 0 amide bonds. The van der Waals surface area contributed by atoms with Crippen LogP contribution < -0.4 is 11.5 Å².